The van der Waals surface area contributed by atoms with Gasteiger partial charge < -0.3 is 5.73 Å². The van der Waals surface area contributed by atoms with Gasteiger partial charge in [-0.3, -0.25) is 0 Å². The zero-order chi connectivity index (χ0) is 10.8. The Kier molecular flexibility index (Phi) is 3.42. The molecule has 3 heteroatoms. The Bertz CT molecular complexity index is 349. The fourth-order valence-electron chi connectivity index (χ4n) is 1.85. The van der Waals surface area contributed by atoms with Gasteiger partial charge in [0.15, 0.2) is 0 Å². The number of benzene rings is 1. The van der Waals surface area contributed by atoms with Crippen LogP contribution in [0.4, 0.5) is 4.39 Å². The third-order valence-corrected chi connectivity index (χ3v) is 3.60. The third-order valence-electron chi connectivity index (χ3n) is 2.82. The molecular formula is C12H15BrFN. The van der Waals surface area contributed by atoms with E-state index in [9.17, 15) is 4.39 Å². The Labute approximate surface area is 98.0 Å². The van der Waals surface area contributed by atoms with E-state index in [4.69, 9.17) is 5.73 Å². The fraction of sp³-hybridized carbons (Fsp3) is 0.500. The van der Waals surface area contributed by atoms with Crippen molar-refractivity contribution in [3.63, 3.8) is 0 Å². The van der Waals surface area contributed by atoms with Gasteiger partial charge in [-0.15, -0.1) is 0 Å². The highest BCUT2D eigenvalue weighted by molar-refractivity contribution is 9.10. The minimum atomic E-state index is -0.188. The molecule has 0 radical (unpaired) electrons. The molecular weight excluding hydrogens is 257 g/mol. The Morgan fingerprint density at radius 2 is 2.20 bits per heavy atom. The van der Waals surface area contributed by atoms with E-state index in [1.54, 1.807) is 12.1 Å². The summed E-state index contributed by atoms with van der Waals surface area (Å²) in [5.74, 6) is 0.638. The molecule has 1 aromatic carbocycles. The highest BCUT2D eigenvalue weighted by Gasteiger charge is 2.24. The van der Waals surface area contributed by atoms with Crippen LogP contribution in [-0.2, 0) is 6.42 Å². The molecule has 0 saturated heterocycles. The lowest BCUT2D eigenvalue weighted by Gasteiger charge is -2.12. The molecule has 1 fully saturated rings. The zero-order valence-corrected chi connectivity index (χ0v) is 10.1. The molecule has 1 atom stereocenters. The van der Waals surface area contributed by atoms with Crippen LogP contribution < -0.4 is 5.73 Å². The van der Waals surface area contributed by atoms with Crippen LogP contribution in [0, 0.1) is 11.7 Å². The quantitative estimate of drug-likeness (QED) is 0.894. The first-order valence-electron chi connectivity index (χ1n) is 5.34. The van der Waals surface area contributed by atoms with E-state index in [-0.39, 0.29) is 11.9 Å². The largest absolute Gasteiger partial charge is 0.327 e. The maximum absolute atomic E-state index is 13.0. The smallest absolute Gasteiger partial charge is 0.123 e. The third kappa shape index (κ3) is 3.28. The Balaban J connectivity index is 1.98. The Morgan fingerprint density at radius 1 is 1.47 bits per heavy atom. The average molecular weight is 272 g/mol. The Hall–Kier alpha value is -0.410. The molecule has 1 aliphatic rings. The second kappa shape index (κ2) is 4.62. The van der Waals surface area contributed by atoms with Crippen molar-refractivity contribution in [3.05, 3.63) is 34.1 Å². The number of nitrogens with two attached hydrogens (primary N) is 1. The van der Waals surface area contributed by atoms with Crippen LogP contribution in [0.5, 0.6) is 0 Å². The molecule has 1 saturated carbocycles. The standard InChI is InChI=1S/C12H15BrFN/c13-12-4-3-10(14)6-9(12)7-11(15)5-8-1-2-8/h3-4,6,8,11H,1-2,5,7,15H2. The summed E-state index contributed by atoms with van der Waals surface area (Å²) in [4.78, 5) is 0. The van der Waals surface area contributed by atoms with Crippen LogP contribution in [-0.4, -0.2) is 6.04 Å². The fourth-order valence-corrected chi connectivity index (χ4v) is 2.26. The van der Waals surface area contributed by atoms with Gasteiger partial charge in [-0.25, -0.2) is 4.39 Å². The molecule has 0 amide bonds. The highest BCUT2D eigenvalue weighted by Crippen LogP contribution is 2.34. The molecule has 0 aliphatic heterocycles. The lowest BCUT2D eigenvalue weighted by molar-refractivity contribution is 0.562. The van der Waals surface area contributed by atoms with E-state index in [1.165, 1.54) is 18.9 Å². The van der Waals surface area contributed by atoms with Gasteiger partial charge in [0.2, 0.25) is 0 Å². The number of rotatable bonds is 4. The van der Waals surface area contributed by atoms with Crippen molar-refractivity contribution in [2.24, 2.45) is 11.7 Å². The van der Waals surface area contributed by atoms with E-state index in [0.29, 0.717) is 0 Å². The summed E-state index contributed by atoms with van der Waals surface area (Å²) < 4.78 is 14.0. The maximum atomic E-state index is 13.0. The van der Waals surface area contributed by atoms with Crippen molar-refractivity contribution in [1.82, 2.24) is 0 Å². The molecule has 15 heavy (non-hydrogen) atoms. The number of halogens is 2. The summed E-state index contributed by atoms with van der Waals surface area (Å²) in [6.45, 7) is 0. The van der Waals surface area contributed by atoms with Gasteiger partial charge in [-0.1, -0.05) is 28.8 Å². The van der Waals surface area contributed by atoms with Crippen LogP contribution in [0.2, 0.25) is 0 Å². The molecule has 82 valence electrons. The van der Waals surface area contributed by atoms with Crippen molar-refractivity contribution < 1.29 is 4.39 Å². The number of hydrogen-bond acceptors (Lipinski definition) is 1. The molecule has 1 nitrogen and oxygen atoms in total. The molecule has 0 heterocycles. The molecule has 1 unspecified atom stereocenters. The van der Waals surface area contributed by atoms with Crippen molar-refractivity contribution >= 4 is 15.9 Å². The second-order valence-electron chi connectivity index (χ2n) is 4.38. The van der Waals surface area contributed by atoms with Crippen LogP contribution in [0.1, 0.15) is 24.8 Å². The van der Waals surface area contributed by atoms with Gasteiger partial charge in [-0.05, 0) is 42.5 Å². The molecule has 2 N–H and O–H groups in total. The lowest BCUT2D eigenvalue weighted by atomic mass is 10.0. The summed E-state index contributed by atoms with van der Waals surface area (Å²) in [6.07, 6.45) is 4.47. The molecule has 2 rings (SSSR count). The summed E-state index contributed by atoms with van der Waals surface area (Å²) in [6, 6.07) is 4.93. The first kappa shape index (κ1) is 11.1. The van der Waals surface area contributed by atoms with Gasteiger partial charge in [0, 0.05) is 10.5 Å². The molecule has 0 aromatic heterocycles. The first-order chi connectivity index (χ1) is 7.15. The summed E-state index contributed by atoms with van der Waals surface area (Å²) in [5, 5.41) is 0. The Morgan fingerprint density at radius 3 is 2.87 bits per heavy atom. The normalized spacial score (nSPS) is 17.8. The average Bonchev–Trinajstić information content (AvgIpc) is 2.95. The lowest BCUT2D eigenvalue weighted by Crippen LogP contribution is -2.23. The van der Waals surface area contributed by atoms with Crippen molar-refractivity contribution in [3.8, 4) is 0 Å². The summed E-state index contributed by atoms with van der Waals surface area (Å²) >= 11 is 3.42. The molecule has 1 aliphatic carbocycles. The minimum absolute atomic E-state index is 0.163. The zero-order valence-electron chi connectivity index (χ0n) is 8.55. The SMILES string of the molecule is NC(Cc1cc(F)ccc1Br)CC1CC1. The second-order valence-corrected chi connectivity index (χ2v) is 5.23. The van der Waals surface area contributed by atoms with Crippen LogP contribution in [0.25, 0.3) is 0 Å². The van der Waals surface area contributed by atoms with Gasteiger partial charge in [0.05, 0.1) is 0 Å². The highest BCUT2D eigenvalue weighted by atomic mass is 79.9. The minimum Gasteiger partial charge on any atom is -0.327 e. The van der Waals surface area contributed by atoms with Crippen LogP contribution in [0.15, 0.2) is 22.7 Å². The van der Waals surface area contributed by atoms with E-state index in [1.807, 2.05) is 0 Å². The number of hydrogen-bond donors (Lipinski definition) is 1. The predicted octanol–water partition coefficient (Wildman–Crippen LogP) is 3.26. The summed E-state index contributed by atoms with van der Waals surface area (Å²) in [5.41, 5.74) is 7.00. The molecule has 1 aromatic rings. The van der Waals surface area contributed by atoms with E-state index < -0.39 is 0 Å². The molecule has 0 bridgehead atoms. The van der Waals surface area contributed by atoms with Crippen LogP contribution >= 0.6 is 15.9 Å². The van der Waals surface area contributed by atoms with Crippen molar-refractivity contribution in [1.29, 1.82) is 0 Å². The molecule has 0 spiro atoms. The summed E-state index contributed by atoms with van der Waals surface area (Å²) in [7, 11) is 0. The van der Waals surface area contributed by atoms with Gasteiger partial charge in [0.1, 0.15) is 5.82 Å². The van der Waals surface area contributed by atoms with Gasteiger partial charge in [-0.2, -0.15) is 0 Å². The van der Waals surface area contributed by atoms with Crippen LogP contribution in [0.3, 0.4) is 0 Å². The first-order valence-corrected chi connectivity index (χ1v) is 6.14. The monoisotopic (exact) mass is 271 g/mol. The maximum Gasteiger partial charge on any atom is 0.123 e. The van der Waals surface area contributed by atoms with Crippen molar-refractivity contribution in [2.75, 3.05) is 0 Å². The van der Waals surface area contributed by atoms with E-state index in [2.05, 4.69) is 15.9 Å². The predicted molar refractivity (Wildman–Crippen MR) is 63.1 cm³/mol. The van der Waals surface area contributed by atoms with Gasteiger partial charge in [0.25, 0.3) is 0 Å². The van der Waals surface area contributed by atoms with E-state index in [0.717, 1.165) is 28.8 Å². The van der Waals surface area contributed by atoms with Gasteiger partial charge >= 0.3 is 0 Å². The van der Waals surface area contributed by atoms with Crippen molar-refractivity contribution in [2.45, 2.75) is 31.7 Å². The van der Waals surface area contributed by atoms with E-state index >= 15 is 0 Å². The topological polar surface area (TPSA) is 26.0 Å².